The molecule has 4 heteroatoms. The predicted molar refractivity (Wildman–Crippen MR) is 111 cm³/mol. The quantitative estimate of drug-likeness (QED) is 0.547. The van der Waals surface area contributed by atoms with Gasteiger partial charge in [0.2, 0.25) is 0 Å². The Labute approximate surface area is 166 Å². The van der Waals surface area contributed by atoms with Gasteiger partial charge in [-0.25, -0.2) is 4.79 Å². The number of carbonyl (C=O) groups excluding carboxylic acids is 1. The van der Waals surface area contributed by atoms with Gasteiger partial charge in [-0.05, 0) is 56.4 Å². The van der Waals surface area contributed by atoms with Gasteiger partial charge in [-0.1, -0.05) is 54.5 Å². The van der Waals surface area contributed by atoms with Gasteiger partial charge in [0.15, 0.2) is 0 Å². The summed E-state index contributed by atoms with van der Waals surface area (Å²) in [7, 11) is 0. The topological polar surface area (TPSA) is 38.3 Å². The van der Waals surface area contributed by atoms with E-state index in [1.54, 1.807) is 18.2 Å². The number of carbonyl (C=O) groups is 1. The van der Waals surface area contributed by atoms with Crippen molar-refractivity contribution < 1.29 is 9.53 Å². The molecule has 1 aliphatic rings. The molecule has 0 fully saturated rings. The van der Waals surface area contributed by atoms with Crippen LogP contribution in [0.4, 0.5) is 10.5 Å². The summed E-state index contributed by atoms with van der Waals surface area (Å²) in [4.78, 5) is 12.3. The first-order chi connectivity index (χ1) is 13.2. The van der Waals surface area contributed by atoms with Crippen LogP contribution in [-0.4, -0.2) is 12.7 Å². The van der Waals surface area contributed by atoms with Crippen LogP contribution < -0.4 is 5.32 Å². The summed E-state index contributed by atoms with van der Waals surface area (Å²) in [6, 6.07) is 21.8. The third kappa shape index (κ3) is 3.34. The molecular formula is C23H16BrNO2. The van der Waals surface area contributed by atoms with E-state index in [2.05, 4.69) is 51.4 Å². The molecule has 1 aliphatic carbocycles. The van der Waals surface area contributed by atoms with Crippen molar-refractivity contribution >= 4 is 27.7 Å². The van der Waals surface area contributed by atoms with Gasteiger partial charge in [0, 0.05) is 16.0 Å². The van der Waals surface area contributed by atoms with E-state index in [0.29, 0.717) is 10.2 Å². The molecule has 0 atom stereocenters. The maximum absolute atomic E-state index is 12.3. The van der Waals surface area contributed by atoms with E-state index >= 15 is 0 Å². The Morgan fingerprint density at radius 2 is 1.67 bits per heavy atom. The number of anilines is 1. The summed E-state index contributed by atoms with van der Waals surface area (Å²) in [6.45, 7) is 0.278. The second kappa shape index (κ2) is 7.30. The van der Waals surface area contributed by atoms with Crippen molar-refractivity contribution in [3.05, 3.63) is 87.9 Å². The van der Waals surface area contributed by atoms with Crippen molar-refractivity contribution in [3.8, 4) is 23.5 Å². The molecule has 27 heavy (non-hydrogen) atoms. The zero-order valence-electron chi connectivity index (χ0n) is 14.4. The van der Waals surface area contributed by atoms with E-state index in [4.69, 9.17) is 11.2 Å². The lowest BCUT2D eigenvalue weighted by Crippen LogP contribution is -2.18. The first kappa shape index (κ1) is 17.4. The number of rotatable bonds is 3. The van der Waals surface area contributed by atoms with Crippen LogP contribution in [0.15, 0.2) is 71.2 Å². The van der Waals surface area contributed by atoms with Crippen molar-refractivity contribution in [1.29, 1.82) is 0 Å². The van der Waals surface area contributed by atoms with Gasteiger partial charge in [0.25, 0.3) is 0 Å². The van der Waals surface area contributed by atoms with Crippen molar-refractivity contribution in [2.45, 2.75) is 5.92 Å². The molecule has 0 radical (unpaired) electrons. The fourth-order valence-corrected chi connectivity index (χ4v) is 3.93. The number of ether oxygens (including phenoxy) is 1. The van der Waals surface area contributed by atoms with Crippen molar-refractivity contribution in [2.75, 3.05) is 11.9 Å². The van der Waals surface area contributed by atoms with Crippen molar-refractivity contribution in [3.63, 3.8) is 0 Å². The zero-order valence-corrected chi connectivity index (χ0v) is 16.0. The molecule has 132 valence electrons. The zero-order chi connectivity index (χ0) is 18.8. The molecule has 0 saturated carbocycles. The molecule has 3 aromatic rings. The normalized spacial score (nSPS) is 12.0. The lowest BCUT2D eigenvalue weighted by Gasteiger charge is -2.15. The molecule has 0 aliphatic heterocycles. The molecule has 3 aromatic carbocycles. The SMILES string of the molecule is C#Cc1ccc(NC(=O)OCC2c3ccccc3-c3ccccc32)c(Br)c1. The monoisotopic (exact) mass is 417 g/mol. The standard InChI is InChI=1S/C23H16BrNO2/c1-2-15-11-12-22(21(24)13-15)25-23(26)27-14-20-18-9-5-3-7-16(18)17-8-4-6-10-19(17)20/h1,3-13,20H,14H2,(H,25,26). The van der Waals surface area contributed by atoms with Gasteiger partial charge >= 0.3 is 6.09 Å². The van der Waals surface area contributed by atoms with Gasteiger partial charge in [-0.2, -0.15) is 0 Å². The van der Waals surface area contributed by atoms with Crippen LogP contribution in [0.3, 0.4) is 0 Å². The molecule has 1 amide bonds. The molecule has 0 unspecified atom stereocenters. The van der Waals surface area contributed by atoms with E-state index in [1.165, 1.54) is 22.3 Å². The van der Waals surface area contributed by atoms with E-state index in [0.717, 1.165) is 5.56 Å². The maximum atomic E-state index is 12.3. The lowest BCUT2D eigenvalue weighted by molar-refractivity contribution is 0.158. The molecule has 3 nitrogen and oxygen atoms in total. The average molecular weight is 418 g/mol. The van der Waals surface area contributed by atoms with Crippen LogP contribution >= 0.6 is 15.9 Å². The molecule has 0 bridgehead atoms. The van der Waals surface area contributed by atoms with Crippen LogP contribution in [0.25, 0.3) is 11.1 Å². The van der Waals surface area contributed by atoms with Gasteiger partial charge in [0.1, 0.15) is 6.61 Å². The highest BCUT2D eigenvalue weighted by Crippen LogP contribution is 2.44. The number of amides is 1. The Balaban J connectivity index is 1.49. The van der Waals surface area contributed by atoms with Crippen LogP contribution in [0.2, 0.25) is 0 Å². The number of nitrogens with one attached hydrogen (secondary N) is 1. The highest BCUT2D eigenvalue weighted by atomic mass is 79.9. The minimum Gasteiger partial charge on any atom is -0.448 e. The Bertz CT molecular complexity index is 1020. The number of hydrogen-bond acceptors (Lipinski definition) is 2. The fraction of sp³-hybridized carbons (Fsp3) is 0.0870. The summed E-state index contributed by atoms with van der Waals surface area (Å²) in [5.74, 6) is 2.59. The Morgan fingerprint density at radius 3 is 2.26 bits per heavy atom. The second-order valence-electron chi connectivity index (χ2n) is 6.29. The highest BCUT2D eigenvalue weighted by molar-refractivity contribution is 9.10. The summed E-state index contributed by atoms with van der Waals surface area (Å²) in [5.41, 5.74) is 6.13. The average Bonchev–Trinajstić information content (AvgIpc) is 3.02. The summed E-state index contributed by atoms with van der Waals surface area (Å²) in [5, 5.41) is 2.76. The minimum atomic E-state index is -0.494. The number of halogens is 1. The molecule has 4 rings (SSSR count). The molecular weight excluding hydrogens is 402 g/mol. The molecule has 0 aromatic heterocycles. The number of hydrogen-bond donors (Lipinski definition) is 1. The lowest BCUT2D eigenvalue weighted by atomic mass is 9.98. The third-order valence-electron chi connectivity index (χ3n) is 4.72. The van der Waals surface area contributed by atoms with Gasteiger partial charge in [0.05, 0.1) is 5.69 Å². The molecule has 0 saturated heterocycles. The Kier molecular flexibility index (Phi) is 4.70. The molecule has 0 spiro atoms. The Hall–Kier alpha value is -3.03. The summed E-state index contributed by atoms with van der Waals surface area (Å²) >= 11 is 3.41. The van der Waals surface area contributed by atoms with Crippen LogP contribution in [0.1, 0.15) is 22.6 Å². The number of benzene rings is 3. The van der Waals surface area contributed by atoms with Crippen molar-refractivity contribution in [1.82, 2.24) is 0 Å². The maximum Gasteiger partial charge on any atom is 0.411 e. The van der Waals surface area contributed by atoms with Crippen LogP contribution in [0.5, 0.6) is 0 Å². The first-order valence-electron chi connectivity index (χ1n) is 8.55. The number of terminal acetylenes is 1. The smallest absolute Gasteiger partial charge is 0.411 e. The first-order valence-corrected chi connectivity index (χ1v) is 9.35. The van der Waals surface area contributed by atoms with Gasteiger partial charge < -0.3 is 4.74 Å². The summed E-state index contributed by atoms with van der Waals surface area (Å²) < 4.78 is 6.26. The second-order valence-corrected chi connectivity index (χ2v) is 7.14. The van der Waals surface area contributed by atoms with E-state index < -0.39 is 6.09 Å². The minimum absolute atomic E-state index is 0.0374. The van der Waals surface area contributed by atoms with Gasteiger partial charge in [-0.15, -0.1) is 6.42 Å². The van der Waals surface area contributed by atoms with E-state index in [9.17, 15) is 4.79 Å². The van der Waals surface area contributed by atoms with E-state index in [-0.39, 0.29) is 12.5 Å². The predicted octanol–water partition coefficient (Wildman–Crippen LogP) is 5.79. The molecule has 0 heterocycles. The summed E-state index contributed by atoms with van der Waals surface area (Å²) in [6.07, 6.45) is 4.89. The van der Waals surface area contributed by atoms with Crippen LogP contribution in [-0.2, 0) is 4.74 Å². The largest absolute Gasteiger partial charge is 0.448 e. The third-order valence-corrected chi connectivity index (χ3v) is 5.37. The number of fused-ring (bicyclic) bond motifs is 3. The Morgan fingerprint density at radius 1 is 1.04 bits per heavy atom. The van der Waals surface area contributed by atoms with Gasteiger partial charge in [-0.3, -0.25) is 5.32 Å². The van der Waals surface area contributed by atoms with E-state index in [1.807, 2.05) is 24.3 Å². The van der Waals surface area contributed by atoms with Crippen LogP contribution in [0, 0.1) is 12.3 Å². The molecule has 1 N–H and O–H groups in total. The highest BCUT2D eigenvalue weighted by Gasteiger charge is 2.29. The fourth-order valence-electron chi connectivity index (χ4n) is 3.45. The van der Waals surface area contributed by atoms with Crippen molar-refractivity contribution in [2.24, 2.45) is 0 Å².